The first-order chi connectivity index (χ1) is 64.9. The van der Waals surface area contributed by atoms with Crippen LogP contribution in [0.25, 0.3) is 33.1 Å². The number of alkyl halides is 6. The van der Waals surface area contributed by atoms with Crippen molar-refractivity contribution in [3.05, 3.63) is 71.7 Å². The zero-order valence-electron chi connectivity index (χ0n) is 83.2. The Hall–Kier alpha value is -8.36. The summed E-state index contributed by atoms with van der Waals surface area (Å²) in [6, 6.07) is 11.5. The molecule has 4 saturated carbocycles. The van der Waals surface area contributed by atoms with E-state index >= 15 is 26.3 Å². The van der Waals surface area contributed by atoms with Gasteiger partial charge in [0.25, 0.3) is 17.8 Å². The molecule has 0 N–H and O–H groups in total. The Morgan fingerprint density at radius 2 is 0.729 bits per heavy atom. The number of hydrogen-bond donors (Lipinski definition) is 0. The molecule has 140 heavy (non-hydrogen) atoms. The van der Waals surface area contributed by atoms with Crippen molar-refractivity contribution in [2.24, 2.45) is 81.3 Å². The molecule has 7 fully saturated rings. The number of fused-ring (bicyclic) bond motifs is 17. The van der Waals surface area contributed by atoms with Gasteiger partial charge in [0, 0.05) is 93.1 Å². The van der Waals surface area contributed by atoms with Gasteiger partial charge in [0.05, 0.1) is 111 Å². The molecule has 3 aromatic heterocycles. The standard InChI is InChI=1S/C35H44F2N3O6.C35H46F2N3O6.C34H44F2N3O6.3V/c1-6-21-27(18-41)40-17-29(21)46-32-31(38-25-11-10-20(44-5)15-26(25)39-32)35(36,37)12-8-7-9-22-23-13-19(23)14-28(22)45-30(42)16-24(33(40)43)34(2,3)4;1-7-23-27(20-41)40-19-28(23)45-31-30(38-25-14-13-22(44-6)17-26(25)39-31)35(36,37)16-9-8-11-21-12-10-15-34(21,5)46-29(42)18-24(32(40)43)33(2,3)4;1-6-22-26(19-40)39-18-28(22)45-31-30(37-24-14-13-21(43-5)16-25(24)38-31)34(35,36)15-8-7-10-20-11-9-12-27(20)44-29(41)17-23(32(39)42)33(2,3)4;;;/h10-11,15,19,21-24,27-29H,6-9,12-14,16-17H2,1-5H3;13-14,17,21,23-24,27-28H,7-12,15-16,18-19H2,1-6H3;13-14,16,20,22-23,26-28H,6-12,15,17-18H2,1-5H3;;;/q3*-1;;;/t19?,21-,22+,23?,24+,27+,28+,29-;21-,23+,24-,27-,28+,34-;20-,22+,23-,26-,27-,28+;;;/m011.../s1. The molecule has 6 bridgehead atoms. The molecular weight excluding hydrogens is 1930 g/mol. The number of benzene rings is 3. The van der Waals surface area contributed by atoms with Crippen molar-refractivity contribution in [1.82, 2.24) is 44.6 Å². The van der Waals surface area contributed by atoms with E-state index in [4.69, 9.17) is 42.6 Å². The van der Waals surface area contributed by atoms with Crippen molar-refractivity contribution >= 4 is 87.6 Å². The van der Waals surface area contributed by atoms with Crippen molar-refractivity contribution in [1.29, 1.82) is 0 Å². The van der Waals surface area contributed by atoms with Crippen LogP contribution in [0.1, 0.15) is 274 Å². The average Bonchev–Trinajstić information content (AvgIpc) is 1.59. The Morgan fingerprint density at radius 3 is 1.09 bits per heavy atom. The van der Waals surface area contributed by atoms with Crippen LogP contribution in [-0.4, -0.2) is 194 Å². The Balaban J connectivity index is 0.000000199. The van der Waals surface area contributed by atoms with E-state index in [1.165, 1.54) is 36.0 Å². The summed E-state index contributed by atoms with van der Waals surface area (Å²) in [5.74, 6) is -14.9. The minimum Gasteiger partial charge on any atom is -0.540 e. The van der Waals surface area contributed by atoms with Gasteiger partial charge in [-0.1, -0.05) is 140 Å². The number of hydrogen-bond acceptors (Lipinski definition) is 24. The fourth-order valence-electron chi connectivity index (χ4n) is 22.8. The number of methoxy groups -OCH3 is 3. The fraction of sp³-hybridized carbons (Fsp3) is 0.683. The molecule has 10 aliphatic rings. The summed E-state index contributed by atoms with van der Waals surface area (Å²) in [6.07, 6.45) is 13.5. The third kappa shape index (κ3) is 24.7. The fourth-order valence-corrected chi connectivity index (χ4v) is 22.8. The first-order valence-electron chi connectivity index (χ1n) is 49.3. The first kappa shape index (κ1) is 112. The topological polar surface area (TPSA) is 324 Å². The Morgan fingerprint density at radius 1 is 0.386 bits per heavy atom. The van der Waals surface area contributed by atoms with E-state index in [0.29, 0.717) is 116 Å². The largest absolute Gasteiger partial charge is 0.540 e. The van der Waals surface area contributed by atoms with E-state index in [-0.39, 0.29) is 190 Å². The first-order valence-corrected chi connectivity index (χ1v) is 49.3. The Kier molecular flexibility index (Phi) is 36.7. The third-order valence-electron chi connectivity index (χ3n) is 30.9. The second kappa shape index (κ2) is 45.9. The third-order valence-corrected chi connectivity index (χ3v) is 30.9. The molecule has 4 aliphatic carbocycles. The van der Waals surface area contributed by atoms with E-state index in [9.17, 15) is 43.2 Å². The van der Waals surface area contributed by atoms with Crippen LogP contribution in [0.15, 0.2) is 54.6 Å². The average molecular weight is 2070 g/mol. The molecule has 16 rings (SSSR count). The summed E-state index contributed by atoms with van der Waals surface area (Å²) < 4.78 is 149. The van der Waals surface area contributed by atoms with Crippen LogP contribution in [0.4, 0.5) is 26.3 Å². The molecule has 3 saturated heterocycles. The maximum absolute atomic E-state index is 16.1. The molecule has 3 aromatic carbocycles. The normalized spacial score (nSPS) is 30.6. The summed E-state index contributed by atoms with van der Waals surface area (Å²) in [6.45, 7) is 24.2. The molecule has 20 atom stereocenters. The number of nitrogens with zero attached hydrogens (tertiary/aromatic N) is 9. The summed E-state index contributed by atoms with van der Waals surface area (Å²) in [4.78, 5) is 151. The summed E-state index contributed by atoms with van der Waals surface area (Å²) in [5.41, 5.74) is -2.51. The molecule has 3 radical (unpaired) electrons. The van der Waals surface area contributed by atoms with E-state index in [1.54, 1.807) is 54.6 Å². The van der Waals surface area contributed by atoms with Crippen molar-refractivity contribution in [3.8, 4) is 34.9 Å². The van der Waals surface area contributed by atoms with Gasteiger partial charge in [-0.15, -0.1) is 0 Å². The van der Waals surface area contributed by atoms with Crippen molar-refractivity contribution < 1.29 is 168 Å². The van der Waals surface area contributed by atoms with Gasteiger partial charge in [-0.05, 0) is 197 Å². The van der Waals surface area contributed by atoms with E-state index in [1.807, 2.05) is 109 Å². The van der Waals surface area contributed by atoms with Gasteiger partial charge in [-0.2, -0.15) is 26.3 Å². The van der Waals surface area contributed by atoms with Crippen molar-refractivity contribution in [2.75, 3.05) is 41.0 Å². The smallest absolute Gasteiger partial charge is 0.307 e. The van der Waals surface area contributed by atoms with Gasteiger partial charge in [0.2, 0.25) is 35.4 Å². The molecule has 27 nitrogen and oxygen atoms in total. The predicted molar refractivity (Wildman–Crippen MR) is 495 cm³/mol. The van der Waals surface area contributed by atoms with Crippen LogP contribution in [0.5, 0.6) is 34.9 Å². The van der Waals surface area contributed by atoms with Gasteiger partial charge in [0.1, 0.15) is 53.4 Å². The molecular formula is C104H134F6N9O18V3-3. The van der Waals surface area contributed by atoms with Gasteiger partial charge >= 0.3 is 17.9 Å². The monoisotopic (exact) mass is 2060 g/mol. The minimum absolute atomic E-state index is 0. The van der Waals surface area contributed by atoms with Crippen LogP contribution in [0, 0.1) is 81.3 Å². The molecule has 0 spiro atoms. The molecule has 6 aromatic rings. The minimum atomic E-state index is -3.36. The van der Waals surface area contributed by atoms with E-state index in [2.05, 4.69) is 29.9 Å². The molecule has 763 valence electrons. The van der Waals surface area contributed by atoms with Crippen LogP contribution in [0.2, 0.25) is 0 Å². The molecule has 9 heterocycles. The van der Waals surface area contributed by atoms with Gasteiger partial charge in [0.15, 0.2) is 17.1 Å². The molecule has 2 unspecified atom stereocenters. The second-order valence-corrected chi connectivity index (χ2v) is 42.9. The zero-order valence-corrected chi connectivity index (χ0v) is 87.3. The van der Waals surface area contributed by atoms with Crippen molar-refractivity contribution in [3.63, 3.8) is 0 Å². The SMILES string of the molecule is CC[C@@H]1[C@@H]2CN(C(=O)[C@H](C(C)(C)C)CC(=O)O[C@@H]3CC4CC4[C@H]3CCCCC(F)(F)c3nc4ccc(OC)cc4nc3O2)[C@@H]1[C-]=O.CC[C@@H]1[C@@H]2CN(C(=O)[C@H](C(C)(C)C)CC(=O)O[C@@H]3CCC[C@H]3CCCCC(F)(F)c3nc4ccc(OC)cc4nc3O2)[C@@H]1[C-]=O.CC[C@@H]1[C@@H]2CN(C(=O)[C@H](C(C)(C)C)CC(=O)O[C@]3(C)CCC[C@H]3CCCCC(F)(F)c3nc4ccc(OC)cc4nc3O2)[C@@H]1[C-]=O.[V].[V].[V]. The number of rotatable bonds is 9. The maximum atomic E-state index is 16.1. The predicted octanol–water partition coefficient (Wildman–Crippen LogP) is 18.7. The van der Waals surface area contributed by atoms with E-state index < -0.39 is 172 Å². The summed E-state index contributed by atoms with van der Waals surface area (Å²) in [5, 5.41) is 0. The van der Waals surface area contributed by atoms with Gasteiger partial charge < -0.3 is 71.7 Å². The quantitative estimate of drug-likeness (QED) is 0.0562. The summed E-state index contributed by atoms with van der Waals surface area (Å²) in [7, 11) is 4.50. The number of esters is 3. The number of carbonyl (C=O) groups excluding carboxylic acids is 9. The molecule has 6 aliphatic heterocycles. The van der Waals surface area contributed by atoms with Gasteiger partial charge in [-0.3, -0.25) is 28.8 Å². The second-order valence-electron chi connectivity index (χ2n) is 42.9. The molecule has 36 heteroatoms. The van der Waals surface area contributed by atoms with Crippen molar-refractivity contribution in [2.45, 2.75) is 329 Å². The molecule has 3 amide bonds. The zero-order chi connectivity index (χ0) is 98.9. The number of halogens is 6. The van der Waals surface area contributed by atoms with Crippen LogP contribution >= 0.6 is 0 Å². The maximum Gasteiger partial charge on any atom is 0.307 e. The Bertz CT molecular complexity index is 5310. The Labute approximate surface area is 852 Å². The number of carbonyl (C=O) groups is 6. The number of aromatic nitrogens is 6. The number of ether oxygens (including phenoxy) is 9. The van der Waals surface area contributed by atoms with Crippen LogP contribution in [0.3, 0.4) is 0 Å². The van der Waals surface area contributed by atoms with Crippen LogP contribution < -0.4 is 28.4 Å². The van der Waals surface area contributed by atoms with Gasteiger partial charge in [-0.25, -0.2) is 48.8 Å². The summed E-state index contributed by atoms with van der Waals surface area (Å²) >= 11 is 0. The number of amides is 3. The van der Waals surface area contributed by atoms with Crippen LogP contribution in [-0.2, 0) is 131 Å². The van der Waals surface area contributed by atoms with E-state index in [0.717, 1.165) is 38.5 Å².